The van der Waals surface area contributed by atoms with Crippen LogP contribution in [0.1, 0.15) is 105 Å². The number of hydrogen-bond donors (Lipinski definition) is 0. The Morgan fingerprint density at radius 3 is 1.71 bits per heavy atom. The summed E-state index contributed by atoms with van der Waals surface area (Å²) in [5.41, 5.74) is 15.3. The minimum atomic E-state index is -0.115. The Labute approximate surface area is 429 Å². The molecule has 0 saturated carbocycles. The van der Waals surface area contributed by atoms with Crippen molar-refractivity contribution in [3.05, 3.63) is 192 Å². The third kappa shape index (κ3) is 9.14. The van der Waals surface area contributed by atoms with Crippen molar-refractivity contribution in [3.8, 4) is 39.6 Å². The maximum absolute atomic E-state index is 6.71. The van der Waals surface area contributed by atoms with Crippen molar-refractivity contribution in [2.24, 2.45) is 0 Å². The number of ether oxygens (including phenoxy) is 1. The quantitative estimate of drug-likeness (QED) is 0.118. The van der Waals surface area contributed by atoms with E-state index in [2.05, 4.69) is 248 Å². The number of para-hydroxylation sites is 3. The minimum absolute atomic E-state index is 0. The molecule has 352 valence electrons. The molecule has 10 rings (SSSR count). The molecule has 3 heterocycles. The summed E-state index contributed by atoms with van der Waals surface area (Å²) < 4.78 is 13.3. The third-order valence-electron chi connectivity index (χ3n) is 13.4. The molecule has 0 unspecified atom stereocenters. The Morgan fingerprint density at radius 2 is 1.06 bits per heavy atom. The Kier molecular flexibility index (Phi) is 12.4. The minimum Gasteiger partial charge on any atom is -0.509 e. The molecule has 5 nitrogen and oxygen atoms in total. The molecule has 70 heavy (non-hydrogen) atoms. The number of nitrogens with zero attached hydrogens (tertiary/aromatic N) is 4. The number of hydrogen-bond acceptors (Lipinski definition) is 2. The van der Waals surface area contributed by atoms with Crippen LogP contribution in [0, 0.1) is 12.1 Å². The van der Waals surface area contributed by atoms with E-state index in [1.807, 2.05) is 24.4 Å². The number of rotatable bonds is 7. The normalized spacial score (nSPS) is 13.0. The van der Waals surface area contributed by atoms with Crippen LogP contribution in [0.15, 0.2) is 158 Å². The summed E-state index contributed by atoms with van der Waals surface area (Å²) in [7, 11) is 0. The van der Waals surface area contributed by atoms with Gasteiger partial charge in [-0.2, -0.15) is 12.1 Å². The van der Waals surface area contributed by atoms with Crippen LogP contribution in [0.2, 0.25) is 0 Å². The second-order valence-electron chi connectivity index (χ2n) is 22.7. The van der Waals surface area contributed by atoms with Crippen molar-refractivity contribution in [1.29, 1.82) is 0 Å². The van der Waals surface area contributed by atoms with Gasteiger partial charge in [0.05, 0.1) is 11.1 Å². The molecule has 1 aliphatic rings. The van der Waals surface area contributed by atoms with Gasteiger partial charge < -0.3 is 9.30 Å². The van der Waals surface area contributed by atoms with Crippen LogP contribution in [0.25, 0.3) is 49.9 Å². The predicted molar refractivity (Wildman–Crippen MR) is 289 cm³/mol. The predicted octanol–water partition coefficient (Wildman–Crippen LogP) is 16.9. The van der Waals surface area contributed by atoms with Crippen LogP contribution >= 0.6 is 0 Å². The smallest absolute Gasteiger partial charge is 0.509 e. The van der Waals surface area contributed by atoms with Crippen LogP contribution in [0.5, 0.6) is 11.5 Å². The number of aromatic nitrogens is 2. The van der Waals surface area contributed by atoms with Crippen LogP contribution in [-0.2, 0) is 42.7 Å². The fourth-order valence-electron chi connectivity index (χ4n) is 9.34. The molecule has 1 aliphatic heterocycles. The molecule has 0 aliphatic carbocycles. The van der Waals surface area contributed by atoms with Gasteiger partial charge >= 0.3 is 27.1 Å². The number of fused-ring (bicyclic) bond motifs is 4. The van der Waals surface area contributed by atoms with Crippen LogP contribution in [0.4, 0.5) is 22.7 Å². The van der Waals surface area contributed by atoms with E-state index >= 15 is 0 Å². The number of pyridine rings is 1. The maximum Gasteiger partial charge on any atom is 2.00 e. The zero-order valence-corrected chi connectivity index (χ0v) is 44.8. The van der Waals surface area contributed by atoms with E-state index in [1.54, 1.807) is 0 Å². The van der Waals surface area contributed by atoms with E-state index < -0.39 is 0 Å². The Hall–Kier alpha value is -6.64. The van der Waals surface area contributed by atoms with Gasteiger partial charge in [-0.25, -0.2) is 4.98 Å². The third-order valence-corrected chi connectivity index (χ3v) is 13.4. The standard InChI is InChI=1S/C64H62N4O.Pt/c1-61(2,3)44-31-32-65-59(38-44)68-55-26-17-16-25-51(55)52-30-29-50(40-58(52)68)69-49-24-20-23-48(39-49)66-41-67(57-28-19-18-27-56(57)66)60-53(42-21-14-13-15-22-42)36-47(64(10,11)12)37-54(60)43-33-45(62(4,5)6)35-46(34-43)63(7,8)9;/h13-38H,1-12H3;/q;+2. The molecule has 6 heteroatoms. The zero-order chi connectivity index (χ0) is 48.6. The Balaban J connectivity index is 0.00000608. The second-order valence-corrected chi connectivity index (χ2v) is 22.7. The summed E-state index contributed by atoms with van der Waals surface area (Å²) in [5.74, 6) is 2.01. The molecule has 0 fully saturated rings. The van der Waals surface area contributed by atoms with Crippen molar-refractivity contribution in [2.75, 3.05) is 0 Å². The Bertz CT molecular complexity index is 3510. The zero-order valence-electron chi connectivity index (χ0n) is 42.5. The summed E-state index contributed by atoms with van der Waals surface area (Å²) in [5, 5.41) is 2.22. The molecule has 0 N–H and O–H groups in total. The first-order valence-corrected chi connectivity index (χ1v) is 24.2. The van der Waals surface area contributed by atoms with E-state index in [0.29, 0.717) is 11.5 Å². The van der Waals surface area contributed by atoms with Crippen molar-refractivity contribution in [3.63, 3.8) is 0 Å². The maximum atomic E-state index is 6.71. The van der Waals surface area contributed by atoms with Crippen molar-refractivity contribution in [1.82, 2.24) is 18.7 Å². The fraction of sp³-hybridized carbons (Fsp3) is 0.250. The molecule has 9 aromatic rings. The molecule has 0 atom stereocenters. The van der Waals surface area contributed by atoms with E-state index in [9.17, 15) is 0 Å². The monoisotopic (exact) mass is 1100 g/mol. The topological polar surface area (TPSA) is 33.1 Å². The van der Waals surface area contributed by atoms with Crippen molar-refractivity contribution >= 4 is 50.6 Å². The fourth-order valence-corrected chi connectivity index (χ4v) is 9.34. The summed E-state index contributed by atoms with van der Waals surface area (Å²) in [6.07, 6.45) is 1.90. The molecular formula is C64H62N4OPt+2. The van der Waals surface area contributed by atoms with Gasteiger partial charge in [0.25, 0.3) is 11.4 Å². The van der Waals surface area contributed by atoms with Gasteiger partial charge in [0.2, 0.25) is 5.69 Å². The SMILES string of the molecule is CC(C)(C)c1cc(-c2cc(C(C)(C)C)cc(-c3ccccc3)c2[N+]2=C=[N+](c3[c-]c(Oc4[c-]c5c(cc4)c4ccccc4n5-c4cc(C(C)(C)C)ccn4)ccc3)c3ccccc32)cc(C(C)(C)C)c1.[Pt+2]. The van der Waals surface area contributed by atoms with Crippen molar-refractivity contribution < 1.29 is 25.8 Å². The molecule has 7 aromatic carbocycles. The summed E-state index contributed by atoms with van der Waals surface area (Å²) in [6, 6.07) is 65.5. The summed E-state index contributed by atoms with van der Waals surface area (Å²) in [6.45, 7) is 27.5. The van der Waals surface area contributed by atoms with E-state index in [-0.39, 0.29) is 42.7 Å². The van der Waals surface area contributed by atoms with E-state index in [0.717, 1.165) is 67.1 Å². The number of benzene rings is 7. The van der Waals surface area contributed by atoms with Gasteiger partial charge in [0.15, 0.2) is 0 Å². The molecule has 0 radical (unpaired) electrons. The first kappa shape index (κ1) is 48.4. The first-order valence-electron chi connectivity index (χ1n) is 24.2. The average molecular weight is 1100 g/mol. The van der Waals surface area contributed by atoms with Gasteiger partial charge in [-0.3, -0.25) is 0 Å². The Morgan fingerprint density at radius 1 is 0.486 bits per heavy atom. The van der Waals surface area contributed by atoms with Gasteiger partial charge in [-0.1, -0.05) is 184 Å². The van der Waals surface area contributed by atoms with Gasteiger partial charge in [-0.05, 0) is 95.3 Å². The molecule has 0 spiro atoms. The molecular weight excluding hydrogens is 1040 g/mol. The molecule has 2 aromatic heterocycles. The largest absolute Gasteiger partial charge is 2.00 e. The van der Waals surface area contributed by atoms with Crippen LogP contribution in [-0.4, -0.2) is 15.6 Å². The molecule has 0 amide bonds. The van der Waals surface area contributed by atoms with Gasteiger partial charge in [0.1, 0.15) is 11.5 Å². The second kappa shape index (κ2) is 18.0. The molecule has 0 bridgehead atoms. The summed E-state index contributed by atoms with van der Waals surface area (Å²) in [4.78, 5) is 4.88. The molecule has 0 saturated heterocycles. The average Bonchev–Trinajstić information content (AvgIpc) is 3.86. The van der Waals surface area contributed by atoms with Crippen LogP contribution in [0.3, 0.4) is 0 Å². The van der Waals surface area contributed by atoms with Crippen molar-refractivity contribution in [2.45, 2.75) is 105 Å². The van der Waals surface area contributed by atoms with E-state index in [4.69, 9.17) is 9.72 Å². The van der Waals surface area contributed by atoms with Gasteiger partial charge in [-0.15, -0.1) is 23.6 Å². The van der Waals surface area contributed by atoms with Crippen LogP contribution < -0.4 is 13.9 Å². The summed E-state index contributed by atoms with van der Waals surface area (Å²) >= 11 is 0. The van der Waals surface area contributed by atoms with E-state index in [1.165, 1.54) is 27.8 Å². The first-order chi connectivity index (χ1) is 32.7. The van der Waals surface area contributed by atoms with Gasteiger partial charge in [0, 0.05) is 35.3 Å².